The third-order valence-electron chi connectivity index (χ3n) is 2.92. The molecular weight excluding hydrogens is 222 g/mol. The van der Waals surface area contributed by atoms with Crippen LogP contribution in [-0.4, -0.2) is 12.6 Å². The van der Waals surface area contributed by atoms with E-state index in [1.807, 2.05) is 25.1 Å². The molecule has 0 heterocycles. The van der Waals surface area contributed by atoms with Crippen molar-refractivity contribution in [3.05, 3.63) is 29.8 Å². The molecule has 1 rings (SSSR count). The molecule has 1 N–H and O–H groups in total. The van der Waals surface area contributed by atoms with Crippen LogP contribution in [0.1, 0.15) is 45.2 Å². The van der Waals surface area contributed by atoms with Crippen molar-refractivity contribution in [1.82, 2.24) is 5.32 Å². The van der Waals surface area contributed by atoms with Gasteiger partial charge in [-0.1, -0.05) is 37.5 Å². The second kappa shape index (κ2) is 7.79. The molecule has 0 aliphatic rings. The predicted molar refractivity (Wildman–Crippen MR) is 76.7 cm³/mol. The summed E-state index contributed by atoms with van der Waals surface area (Å²) in [6, 6.07) is 8.43. The van der Waals surface area contributed by atoms with Crippen LogP contribution in [0.25, 0.3) is 0 Å². The number of rotatable bonds is 7. The first-order chi connectivity index (χ1) is 8.72. The van der Waals surface area contributed by atoms with Gasteiger partial charge in [0.15, 0.2) is 0 Å². The van der Waals surface area contributed by atoms with Crippen molar-refractivity contribution in [3.63, 3.8) is 0 Å². The fraction of sp³-hybridized carbons (Fsp3) is 0.500. The molecule has 2 atom stereocenters. The van der Waals surface area contributed by atoms with Gasteiger partial charge in [-0.25, -0.2) is 0 Å². The highest BCUT2D eigenvalue weighted by Crippen LogP contribution is 2.25. The Bertz CT molecular complexity index is 394. The molecule has 18 heavy (non-hydrogen) atoms. The van der Waals surface area contributed by atoms with E-state index in [0.717, 1.165) is 24.2 Å². The summed E-state index contributed by atoms with van der Waals surface area (Å²) < 4.78 is 5.64. The van der Waals surface area contributed by atoms with Crippen molar-refractivity contribution in [1.29, 1.82) is 0 Å². The standard InChI is InChI=1S/C16H23NO/c1-5-10-14(6-2)17-13(4)15-11-8-9-12-16(15)18-7-3/h2,8-9,11-14,17H,5,7,10H2,1,3-4H3. The number of hydrogen-bond acceptors (Lipinski definition) is 2. The Balaban J connectivity index is 2.77. The lowest BCUT2D eigenvalue weighted by atomic mass is 10.0. The first-order valence-electron chi connectivity index (χ1n) is 6.66. The van der Waals surface area contributed by atoms with Gasteiger partial charge in [0.2, 0.25) is 0 Å². The summed E-state index contributed by atoms with van der Waals surface area (Å²) in [5.74, 6) is 3.74. The molecule has 0 saturated heterocycles. The molecule has 98 valence electrons. The second-order valence-corrected chi connectivity index (χ2v) is 4.37. The minimum Gasteiger partial charge on any atom is -0.494 e. The monoisotopic (exact) mass is 245 g/mol. The zero-order chi connectivity index (χ0) is 13.4. The Morgan fingerprint density at radius 3 is 2.67 bits per heavy atom. The van der Waals surface area contributed by atoms with Crippen molar-refractivity contribution in [3.8, 4) is 18.1 Å². The molecule has 0 saturated carbocycles. The van der Waals surface area contributed by atoms with Crippen LogP contribution >= 0.6 is 0 Å². The fourth-order valence-corrected chi connectivity index (χ4v) is 2.02. The van der Waals surface area contributed by atoms with Crippen molar-refractivity contribution in [2.24, 2.45) is 0 Å². The van der Waals surface area contributed by atoms with E-state index in [-0.39, 0.29) is 12.1 Å². The van der Waals surface area contributed by atoms with Crippen molar-refractivity contribution >= 4 is 0 Å². The van der Waals surface area contributed by atoms with Gasteiger partial charge in [-0.2, -0.15) is 0 Å². The summed E-state index contributed by atoms with van der Waals surface area (Å²) >= 11 is 0. The first-order valence-corrected chi connectivity index (χ1v) is 6.66. The lowest BCUT2D eigenvalue weighted by Gasteiger charge is -2.21. The minimum absolute atomic E-state index is 0.125. The van der Waals surface area contributed by atoms with Crippen molar-refractivity contribution in [2.75, 3.05) is 6.61 Å². The van der Waals surface area contributed by atoms with Crippen molar-refractivity contribution in [2.45, 2.75) is 45.7 Å². The molecule has 0 aliphatic carbocycles. The van der Waals surface area contributed by atoms with Gasteiger partial charge in [0.05, 0.1) is 12.6 Å². The van der Waals surface area contributed by atoms with E-state index < -0.39 is 0 Å². The summed E-state index contributed by atoms with van der Waals surface area (Å²) in [7, 11) is 0. The molecule has 0 amide bonds. The predicted octanol–water partition coefficient (Wildman–Crippen LogP) is 3.54. The van der Waals surface area contributed by atoms with Gasteiger partial charge in [0, 0.05) is 11.6 Å². The molecule has 0 bridgehead atoms. The number of benzene rings is 1. The highest BCUT2D eigenvalue weighted by molar-refractivity contribution is 5.35. The summed E-state index contributed by atoms with van der Waals surface area (Å²) in [5.41, 5.74) is 1.16. The van der Waals surface area contributed by atoms with Crippen molar-refractivity contribution < 1.29 is 4.74 Å². The third kappa shape index (κ3) is 4.09. The molecule has 0 radical (unpaired) electrons. The fourth-order valence-electron chi connectivity index (χ4n) is 2.02. The Labute approximate surface area is 111 Å². The molecule has 0 spiro atoms. The zero-order valence-corrected chi connectivity index (χ0v) is 11.6. The Morgan fingerprint density at radius 2 is 2.06 bits per heavy atom. The van der Waals surface area contributed by atoms with Gasteiger partial charge in [-0.05, 0) is 26.3 Å². The second-order valence-electron chi connectivity index (χ2n) is 4.37. The molecule has 0 aliphatic heterocycles. The van der Waals surface area contributed by atoms with Crippen LogP contribution in [0.15, 0.2) is 24.3 Å². The Hall–Kier alpha value is -1.46. The SMILES string of the molecule is C#CC(CCC)NC(C)c1ccccc1OCC. The zero-order valence-electron chi connectivity index (χ0n) is 11.6. The summed E-state index contributed by atoms with van der Waals surface area (Å²) in [6.45, 7) is 6.94. The number of nitrogens with one attached hydrogen (secondary N) is 1. The van der Waals surface area contributed by atoms with E-state index in [1.165, 1.54) is 0 Å². The average molecular weight is 245 g/mol. The van der Waals surface area contributed by atoms with Gasteiger partial charge in [0.25, 0.3) is 0 Å². The Kier molecular flexibility index (Phi) is 6.32. The first kappa shape index (κ1) is 14.6. The highest BCUT2D eigenvalue weighted by Gasteiger charge is 2.14. The minimum atomic E-state index is 0.125. The molecule has 1 aromatic rings. The molecule has 2 heteroatoms. The Morgan fingerprint density at radius 1 is 1.33 bits per heavy atom. The van der Waals surface area contributed by atoms with Gasteiger partial charge < -0.3 is 4.74 Å². The van der Waals surface area contributed by atoms with Gasteiger partial charge in [-0.15, -0.1) is 6.42 Å². The largest absolute Gasteiger partial charge is 0.494 e. The van der Waals surface area contributed by atoms with Crippen LogP contribution in [0.2, 0.25) is 0 Å². The van der Waals surface area contributed by atoms with Crippen LogP contribution in [0.5, 0.6) is 5.75 Å². The van der Waals surface area contributed by atoms with Crippen LogP contribution in [0, 0.1) is 12.3 Å². The topological polar surface area (TPSA) is 21.3 Å². The van der Waals surface area contributed by atoms with Crippen LogP contribution < -0.4 is 10.1 Å². The quantitative estimate of drug-likeness (QED) is 0.742. The highest BCUT2D eigenvalue weighted by atomic mass is 16.5. The number of para-hydroxylation sites is 1. The van der Waals surface area contributed by atoms with Crippen LogP contribution in [-0.2, 0) is 0 Å². The van der Waals surface area contributed by atoms with E-state index >= 15 is 0 Å². The number of hydrogen-bond donors (Lipinski definition) is 1. The van der Waals surface area contributed by atoms with E-state index in [4.69, 9.17) is 11.2 Å². The van der Waals surface area contributed by atoms with Gasteiger partial charge in [0.1, 0.15) is 5.75 Å². The van der Waals surface area contributed by atoms with Crippen LogP contribution in [0.4, 0.5) is 0 Å². The van der Waals surface area contributed by atoms with Crippen LogP contribution in [0.3, 0.4) is 0 Å². The summed E-state index contributed by atoms with van der Waals surface area (Å²) in [4.78, 5) is 0. The maximum Gasteiger partial charge on any atom is 0.124 e. The average Bonchev–Trinajstić information content (AvgIpc) is 2.39. The van der Waals surface area contributed by atoms with Gasteiger partial charge in [-0.3, -0.25) is 5.32 Å². The number of terminal acetylenes is 1. The van der Waals surface area contributed by atoms with E-state index in [9.17, 15) is 0 Å². The van der Waals surface area contributed by atoms with E-state index in [0.29, 0.717) is 6.61 Å². The molecular formula is C16H23NO. The maximum atomic E-state index is 5.64. The summed E-state index contributed by atoms with van der Waals surface area (Å²) in [5, 5.41) is 3.47. The third-order valence-corrected chi connectivity index (χ3v) is 2.92. The summed E-state index contributed by atoms with van der Waals surface area (Å²) in [6.07, 6.45) is 7.62. The normalized spacial score (nSPS) is 13.7. The maximum absolute atomic E-state index is 5.64. The molecule has 2 unspecified atom stereocenters. The molecule has 2 nitrogen and oxygen atoms in total. The smallest absolute Gasteiger partial charge is 0.124 e. The molecule has 1 aromatic carbocycles. The van der Waals surface area contributed by atoms with Gasteiger partial charge >= 0.3 is 0 Å². The van der Waals surface area contributed by atoms with E-state index in [2.05, 4.69) is 31.2 Å². The van der Waals surface area contributed by atoms with E-state index in [1.54, 1.807) is 0 Å². The molecule has 0 aromatic heterocycles. The lowest BCUT2D eigenvalue weighted by Crippen LogP contribution is -2.30. The number of ether oxygens (including phenoxy) is 1. The lowest BCUT2D eigenvalue weighted by molar-refractivity contribution is 0.331. The molecule has 0 fully saturated rings.